The van der Waals surface area contributed by atoms with Crippen LogP contribution in [0.2, 0.25) is 0 Å². The normalized spacial score (nSPS) is 21.3. The van der Waals surface area contributed by atoms with Crippen LogP contribution in [-0.2, 0) is 11.3 Å². The van der Waals surface area contributed by atoms with Gasteiger partial charge in [0.05, 0.1) is 12.1 Å². The highest BCUT2D eigenvalue weighted by atomic mass is 19.1. The van der Waals surface area contributed by atoms with Crippen LogP contribution in [0, 0.1) is 11.6 Å². The number of hydrogen-bond acceptors (Lipinski definition) is 5. The Hall–Kier alpha value is -2.42. The summed E-state index contributed by atoms with van der Waals surface area (Å²) in [6, 6.07) is 2.36. The van der Waals surface area contributed by atoms with Gasteiger partial charge in [-0.1, -0.05) is 0 Å². The maximum Gasteiger partial charge on any atom is 0.245 e. The molecule has 7 nitrogen and oxygen atoms in total. The van der Waals surface area contributed by atoms with Gasteiger partial charge in [0.25, 0.3) is 0 Å². The number of aliphatic hydroxyl groups is 1. The van der Waals surface area contributed by atoms with Crippen molar-refractivity contribution in [3.05, 3.63) is 41.7 Å². The Labute approximate surface area is 124 Å². The number of carbonyl (C=O) groups is 1. The first-order valence-electron chi connectivity index (χ1n) is 6.68. The van der Waals surface area contributed by atoms with Crippen molar-refractivity contribution in [2.75, 3.05) is 6.54 Å². The van der Waals surface area contributed by atoms with Crippen molar-refractivity contribution < 1.29 is 18.7 Å². The first-order valence-corrected chi connectivity index (χ1v) is 6.68. The standard InChI is InChI=1S/C13H13F2N5O2/c14-8-1-2-11(15)10(3-8)12-4-9(21)5-20(12)13(22)6-19-7-16-17-18-19/h1-3,7,9,12,21H,4-6H2/t9-,12-/m0/s1. The number of benzene rings is 1. The van der Waals surface area contributed by atoms with Crippen LogP contribution in [0.25, 0.3) is 0 Å². The number of β-amino-alcohol motifs (C(OH)–C–C–N with tert-alkyl or cyclic N) is 1. The lowest BCUT2D eigenvalue weighted by Gasteiger charge is -2.25. The van der Waals surface area contributed by atoms with Crippen LogP contribution in [0.5, 0.6) is 0 Å². The quantitative estimate of drug-likeness (QED) is 0.881. The van der Waals surface area contributed by atoms with Gasteiger partial charge in [0.2, 0.25) is 5.91 Å². The number of halogens is 2. The second-order valence-corrected chi connectivity index (χ2v) is 5.12. The Balaban J connectivity index is 1.85. The molecule has 1 aliphatic heterocycles. The molecule has 2 atom stereocenters. The molecule has 0 aliphatic carbocycles. The van der Waals surface area contributed by atoms with Gasteiger partial charge < -0.3 is 10.0 Å². The van der Waals surface area contributed by atoms with E-state index in [0.717, 1.165) is 18.2 Å². The summed E-state index contributed by atoms with van der Waals surface area (Å²) >= 11 is 0. The van der Waals surface area contributed by atoms with E-state index < -0.39 is 23.8 Å². The zero-order valence-electron chi connectivity index (χ0n) is 11.4. The first kappa shape index (κ1) is 14.5. The minimum absolute atomic E-state index is 0.0571. The monoisotopic (exact) mass is 309 g/mol. The predicted octanol–water partition coefficient (Wildman–Crippen LogP) is 0.286. The molecule has 1 aliphatic rings. The fourth-order valence-electron chi connectivity index (χ4n) is 2.64. The molecule has 1 fully saturated rings. The molecule has 1 amide bonds. The maximum atomic E-state index is 13.9. The SMILES string of the molecule is O=C(Cn1cnnn1)N1C[C@@H](O)C[C@H]1c1cc(F)ccc1F. The molecule has 0 radical (unpaired) electrons. The summed E-state index contributed by atoms with van der Waals surface area (Å²) in [6.07, 6.45) is 0.648. The third kappa shape index (κ3) is 2.80. The van der Waals surface area contributed by atoms with E-state index in [0.29, 0.717) is 0 Å². The van der Waals surface area contributed by atoms with Crippen LogP contribution < -0.4 is 0 Å². The average molecular weight is 309 g/mol. The molecule has 116 valence electrons. The van der Waals surface area contributed by atoms with Gasteiger partial charge >= 0.3 is 0 Å². The van der Waals surface area contributed by atoms with Crippen molar-refractivity contribution in [3.63, 3.8) is 0 Å². The number of rotatable bonds is 3. The molecule has 0 spiro atoms. The molecule has 0 bridgehead atoms. The molecule has 0 saturated carbocycles. The van der Waals surface area contributed by atoms with Gasteiger partial charge in [-0.3, -0.25) is 4.79 Å². The molecule has 0 unspecified atom stereocenters. The number of nitrogens with zero attached hydrogens (tertiary/aromatic N) is 5. The second kappa shape index (κ2) is 5.76. The van der Waals surface area contributed by atoms with Crippen molar-refractivity contribution >= 4 is 5.91 Å². The first-order chi connectivity index (χ1) is 10.5. The second-order valence-electron chi connectivity index (χ2n) is 5.12. The number of likely N-dealkylation sites (tertiary alicyclic amines) is 1. The Bertz CT molecular complexity index is 679. The molecule has 2 aromatic rings. The van der Waals surface area contributed by atoms with E-state index in [1.807, 2.05) is 0 Å². The number of carbonyl (C=O) groups excluding carboxylic acids is 1. The lowest BCUT2D eigenvalue weighted by atomic mass is 10.0. The van der Waals surface area contributed by atoms with Crippen LogP contribution in [0.4, 0.5) is 8.78 Å². The summed E-state index contributed by atoms with van der Waals surface area (Å²) in [5.41, 5.74) is 0.0571. The molecule has 3 rings (SSSR count). The van der Waals surface area contributed by atoms with E-state index >= 15 is 0 Å². The van der Waals surface area contributed by atoms with Crippen molar-refractivity contribution in [1.82, 2.24) is 25.1 Å². The van der Waals surface area contributed by atoms with Crippen LogP contribution in [0.1, 0.15) is 18.0 Å². The maximum absolute atomic E-state index is 13.9. The summed E-state index contributed by atoms with van der Waals surface area (Å²) in [7, 11) is 0. The highest BCUT2D eigenvalue weighted by Crippen LogP contribution is 2.34. The molecular weight excluding hydrogens is 296 g/mol. The van der Waals surface area contributed by atoms with E-state index in [-0.39, 0.29) is 31.0 Å². The summed E-state index contributed by atoms with van der Waals surface area (Å²) in [5.74, 6) is -1.58. The van der Waals surface area contributed by atoms with E-state index in [1.54, 1.807) is 0 Å². The molecule has 1 N–H and O–H groups in total. The van der Waals surface area contributed by atoms with Gasteiger partial charge in [0.1, 0.15) is 24.5 Å². The third-order valence-corrected chi connectivity index (χ3v) is 3.61. The lowest BCUT2D eigenvalue weighted by molar-refractivity contribution is -0.133. The summed E-state index contributed by atoms with van der Waals surface area (Å²) < 4.78 is 28.5. The lowest BCUT2D eigenvalue weighted by Crippen LogP contribution is -2.35. The summed E-state index contributed by atoms with van der Waals surface area (Å²) in [5, 5.41) is 20.2. The summed E-state index contributed by atoms with van der Waals surface area (Å²) in [4.78, 5) is 13.6. The molecule has 2 heterocycles. The van der Waals surface area contributed by atoms with E-state index in [4.69, 9.17) is 0 Å². The van der Waals surface area contributed by atoms with Gasteiger partial charge in [-0.05, 0) is 35.0 Å². The Morgan fingerprint density at radius 2 is 2.23 bits per heavy atom. The molecule has 9 heteroatoms. The van der Waals surface area contributed by atoms with Crippen LogP contribution in [-0.4, -0.2) is 48.8 Å². The summed E-state index contributed by atoms with van der Waals surface area (Å²) in [6.45, 7) is -0.0747. The van der Waals surface area contributed by atoms with Crippen LogP contribution in [0.3, 0.4) is 0 Å². The fraction of sp³-hybridized carbons (Fsp3) is 0.385. The van der Waals surface area contributed by atoms with Crippen LogP contribution in [0.15, 0.2) is 24.5 Å². The zero-order chi connectivity index (χ0) is 15.7. The van der Waals surface area contributed by atoms with Crippen molar-refractivity contribution in [2.24, 2.45) is 0 Å². The number of amides is 1. The highest BCUT2D eigenvalue weighted by Gasteiger charge is 2.36. The van der Waals surface area contributed by atoms with Crippen molar-refractivity contribution in [3.8, 4) is 0 Å². The highest BCUT2D eigenvalue weighted by molar-refractivity contribution is 5.77. The van der Waals surface area contributed by atoms with Gasteiger partial charge in [-0.25, -0.2) is 13.5 Å². The van der Waals surface area contributed by atoms with Gasteiger partial charge in [0.15, 0.2) is 0 Å². The number of tetrazole rings is 1. The smallest absolute Gasteiger partial charge is 0.245 e. The Morgan fingerprint density at radius 3 is 2.95 bits per heavy atom. The topological polar surface area (TPSA) is 84.1 Å². The van der Waals surface area contributed by atoms with Gasteiger partial charge in [-0.2, -0.15) is 0 Å². The number of hydrogen-bond donors (Lipinski definition) is 1. The van der Waals surface area contributed by atoms with E-state index in [9.17, 15) is 18.7 Å². The number of aromatic nitrogens is 4. The number of aliphatic hydroxyl groups excluding tert-OH is 1. The Kier molecular flexibility index (Phi) is 3.80. The van der Waals surface area contributed by atoms with Crippen molar-refractivity contribution in [2.45, 2.75) is 25.1 Å². The average Bonchev–Trinajstić information content (AvgIpc) is 3.11. The van der Waals surface area contributed by atoms with E-state index in [1.165, 1.54) is 15.9 Å². The fourth-order valence-corrected chi connectivity index (χ4v) is 2.64. The molecular formula is C13H13F2N5O2. The molecule has 1 saturated heterocycles. The molecule has 22 heavy (non-hydrogen) atoms. The van der Waals surface area contributed by atoms with E-state index in [2.05, 4.69) is 15.5 Å². The van der Waals surface area contributed by atoms with Gasteiger partial charge in [0, 0.05) is 12.1 Å². The largest absolute Gasteiger partial charge is 0.391 e. The predicted molar refractivity (Wildman–Crippen MR) is 69.3 cm³/mol. The zero-order valence-corrected chi connectivity index (χ0v) is 11.4. The minimum Gasteiger partial charge on any atom is -0.391 e. The van der Waals surface area contributed by atoms with Gasteiger partial charge in [-0.15, -0.1) is 5.10 Å². The van der Waals surface area contributed by atoms with Crippen LogP contribution >= 0.6 is 0 Å². The Morgan fingerprint density at radius 1 is 1.41 bits per heavy atom. The molecule has 1 aromatic heterocycles. The molecule has 1 aromatic carbocycles. The minimum atomic E-state index is -0.787. The van der Waals surface area contributed by atoms with Crippen molar-refractivity contribution in [1.29, 1.82) is 0 Å². The third-order valence-electron chi connectivity index (χ3n) is 3.61.